The lowest BCUT2D eigenvalue weighted by atomic mass is 9.92. The van der Waals surface area contributed by atoms with Gasteiger partial charge < -0.3 is 10.6 Å². The summed E-state index contributed by atoms with van der Waals surface area (Å²) < 4.78 is 0. The van der Waals surface area contributed by atoms with Crippen molar-refractivity contribution in [2.24, 2.45) is 0 Å². The highest BCUT2D eigenvalue weighted by atomic mass is 14.8. The van der Waals surface area contributed by atoms with E-state index in [2.05, 4.69) is 53.1 Å². The molecule has 2 N–H and O–H groups in total. The van der Waals surface area contributed by atoms with Gasteiger partial charge in [0.05, 0.1) is 0 Å². The van der Waals surface area contributed by atoms with Gasteiger partial charge in [-0.3, -0.25) is 0 Å². The Morgan fingerprint density at radius 2 is 1.31 bits per heavy atom. The van der Waals surface area contributed by atoms with E-state index >= 15 is 0 Å². The molecular weight excluding hydrogens is 316 g/mol. The van der Waals surface area contributed by atoms with Crippen LogP contribution in [-0.2, 0) is 32.1 Å². The average molecular weight is 351 g/mol. The van der Waals surface area contributed by atoms with Crippen LogP contribution in [0.15, 0.2) is 42.5 Å². The van der Waals surface area contributed by atoms with Crippen molar-refractivity contribution in [3.63, 3.8) is 0 Å². The molecular formula is C24H34N2. The summed E-state index contributed by atoms with van der Waals surface area (Å²) in [6.45, 7) is 3.40. The molecule has 0 saturated carbocycles. The summed E-state index contributed by atoms with van der Waals surface area (Å²) >= 11 is 0. The standard InChI is InChI=1S/C24H34N2/c1-25-16-2-3-17-26-18-4-5-24-19-22-11-10-20-6-8-21(9-7-20)12-14-23(24)15-13-22/h6-9,13,15,19,25-26H,2-5,10-12,14,16-18H2,1H3. The summed E-state index contributed by atoms with van der Waals surface area (Å²) in [7, 11) is 2.02. The Bertz CT molecular complexity index is 660. The molecule has 2 aromatic rings. The Morgan fingerprint density at radius 3 is 2.08 bits per heavy atom. The molecule has 2 nitrogen and oxygen atoms in total. The van der Waals surface area contributed by atoms with Crippen LogP contribution in [0.3, 0.4) is 0 Å². The second-order valence-corrected chi connectivity index (χ2v) is 7.58. The van der Waals surface area contributed by atoms with E-state index in [1.165, 1.54) is 42.4 Å². The molecule has 4 aliphatic carbocycles. The van der Waals surface area contributed by atoms with Gasteiger partial charge in [0.2, 0.25) is 0 Å². The number of benzene rings is 2. The van der Waals surface area contributed by atoms with Gasteiger partial charge in [-0.25, -0.2) is 0 Å². The molecule has 0 amide bonds. The van der Waals surface area contributed by atoms with E-state index in [1.54, 1.807) is 11.1 Å². The van der Waals surface area contributed by atoms with Crippen molar-refractivity contribution in [1.29, 1.82) is 0 Å². The summed E-state index contributed by atoms with van der Waals surface area (Å²) in [4.78, 5) is 0. The van der Waals surface area contributed by atoms with Gasteiger partial charge in [0.1, 0.15) is 0 Å². The third kappa shape index (κ3) is 5.96. The minimum Gasteiger partial charge on any atom is -0.320 e. The molecule has 0 aliphatic heterocycles. The molecule has 0 radical (unpaired) electrons. The Kier molecular flexibility index (Phi) is 7.72. The summed E-state index contributed by atoms with van der Waals surface area (Å²) in [5, 5.41) is 6.81. The maximum Gasteiger partial charge on any atom is -0.00457 e. The Labute approximate surface area is 159 Å². The van der Waals surface area contributed by atoms with E-state index in [0.29, 0.717) is 0 Å². The van der Waals surface area contributed by atoms with Crippen molar-refractivity contribution >= 4 is 0 Å². The van der Waals surface area contributed by atoms with Crippen LogP contribution in [0.4, 0.5) is 0 Å². The Morgan fingerprint density at radius 1 is 0.692 bits per heavy atom. The number of aryl methyl sites for hydroxylation is 5. The molecule has 4 bridgehead atoms. The van der Waals surface area contributed by atoms with Crippen molar-refractivity contribution < 1.29 is 0 Å². The highest BCUT2D eigenvalue weighted by Gasteiger charge is 2.08. The van der Waals surface area contributed by atoms with Gasteiger partial charge in [-0.15, -0.1) is 0 Å². The van der Waals surface area contributed by atoms with Crippen molar-refractivity contribution in [2.45, 2.75) is 51.4 Å². The topological polar surface area (TPSA) is 24.1 Å². The molecule has 0 atom stereocenters. The Hall–Kier alpha value is -1.64. The molecule has 0 fully saturated rings. The van der Waals surface area contributed by atoms with E-state index in [1.807, 2.05) is 7.05 Å². The summed E-state index contributed by atoms with van der Waals surface area (Å²) in [6, 6.07) is 16.5. The fourth-order valence-corrected chi connectivity index (χ4v) is 3.83. The molecule has 0 spiro atoms. The van der Waals surface area contributed by atoms with Gasteiger partial charge in [0.15, 0.2) is 0 Å². The maximum atomic E-state index is 3.60. The van der Waals surface area contributed by atoms with Crippen LogP contribution in [0.25, 0.3) is 0 Å². The number of hydrogen-bond donors (Lipinski definition) is 2. The first-order valence-corrected chi connectivity index (χ1v) is 10.4. The number of unbranched alkanes of at least 4 members (excludes halogenated alkanes) is 1. The van der Waals surface area contributed by atoms with Gasteiger partial charge in [0, 0.05) is 0 Å². The lowest BCUT2D eigenvalue weighted by Crippen LogP contribution is -2.19. The monoisotopic (exact) mass is 350 g/mol. The predicted octanol–water partition coefficient (Wildman–Crippen LogP) is 4.09. The van der Waals surface area contributed by atoms with Crippen molar-refractivity contribution in [3.8, 4) is 0 Å². The molecule has 0 aromatic heterocycles. The molecule has 0 heterocycles. The van der Waals surface area contributed by atoms with Gasteiger partial charge >= 0.3 is 0 Å². The van der Waals surface area contributed by atoms with Crippen molar-refractivity contribution in [2.75, 3.05) is 26.7 Å². The zero-order valence-electron chi connectivity index (χ0n) is 16.3. The van der Waals surface area contributed by atoms with Crippen LogP contribution < -0.4 is 10.6 Å². The first-order chi connectivity index (χ1) is 12.8. The molecule has 0 saturated heterocycles. The number of rotatable bonds is 9. The molecule has 4 aliphatic rings. The third-order valence-electron chi connectivity index (χ3n) is 5.51. The third-order valence-corrected chi connectivity index (χ3v) is 5.51. The predicted molar refractivity (Wildman–Crippen MR) is 112 cm³/mol. The van der Waals surface area contributed by atoms with Crippen LogP contribution in [0, 0.1) is 0 Å². The minimum atomic E-state index is 1.13. The zero-order valence-corrected chi connectivity index (χ0v) is 16.3. The van der Waals surface area contributed by atoms with Crippen LogP contribution in [0.2, 0.25) is 0 Å². The van der Waals surface area contributed by atoms with E-state index < -0.39 is 0 Å². The number of hydrogen-bond acceptors (Lipinski definition) is 2. The molecule has 0 unspecified atom stereocenters. The van der Waals surface area contributed by atoms with E-state index in [-0.39, 0.29) is 0 Å². The lowest BCUT2D eigenvalue weighted by molar-refractivity contribution is 0.591. The molecule has 26 heavy (non-hydrogen) atoms. The van der Waals surface area contributed by atoms with Gasteiger partial charge in [-0.1, -0.05) is 42.5 Å². The van der Waals surface area contributed by atoms with Crippen LogP contribution in [-0.4, -0.2) is 26.7 Å². The van der Waals surface area contributed by atoms with E-state index in [4.69, 9.17) is 0 Å². The second kappa shape index (κ2) is 10.5. The molecule has 2 heteroatoms. The first kappa shape index (κ1) is 19.1. The Balaban J connectivity index is 1.53. The van der Waals surface area contributed by atoms with Gasteiger partial charge in [-0.05, 0) is 106 Å². The molecule has 6 rings (SSSR count). The highest BCUT2D eigenvalue weighted by Crippen LogP contribution is 2.20. The number of nitrogens with one attached hydrogen (secondary N) is 2. The smallest absolute Gasteiger partial charge is 0.00457 e. The lowest BCUT2D eigenvalue weighted by Gasteiger charge is -2.15. The van der Waals surface area contributed by atoms with Crippen molar-refractivity contribution in [1.82, 2.24) is 10.6 Å². The fraction of sp³-hybridized carbons (Fsp3) is 0.500. The fourth-order valence-electron chi connectivity index (χ4n) is 3.83. The SMILES string of the molecule is CNCCCCNCCCc1cc2ccc1CCc1ccc(cc1)CC2. The molecule has 140 valence electrons. The van der Waals surface area contributed by atoms with Gasteiger partial charge in [-0.2, -0.15) is 0 Å². The quantitative estimate of drug-likeness (QED) is 0.666. The minimum absolute atomic E-state index is 1.13. The van der Waals surface area contributed by atoms with Crippen molar-refractivity contribution in [3.05, 3.63) is 70.3 Å². The van der Waals surface area contributed by atoms with Gasteiger partial charge in [0.25, 0.3) is 0 Å². The van der Waals surface area contributed by atoms with Crippen LogP contribution >= 0.6 is 0 Å². The average Bonchev–Trinajstić information content (AvgIpc) is 2.66. The summed E-state index contributed by atoms with van der Waals surface area (Å²) in [6.07, 6.45) is 9.56. The summed E-state index contributed by atoms with van der Waals surface area (Å²) in [5.41, 5.74) is 7.55. The van der Waals surface area contributed by atoms with Crippen LogP contribution in [0.5, 0.6) is 0 Å². The van der Waals surface area contributed by atoms with E-state index in [9.17, 15) is 0 Å². The second-order valence-electron chi connectivity index (χ2n) is 7.58. The highest BCUT2D eigenvalue weighted by molar-refractivity contribution is 5.35. The zero-order chi connectivity index (χ0) is 18.0. The maximum absolute atomic E-state index is 3.60. The first-order valence-electron chi connectivity index (χ1n) is 10.4. The molecule has 2 aromatic carbocycles. The van der Waals surface area contributed by atoms with Crippen LogP contribution in [0.1, 0.15) is 47.1 Å². The summed E-state index contributed by atoms with van der Waals surface area (Å²) in [5.74, 6) is 0. The largest absolute Gasteiger partial charge is 0.320 e. The normalized spacial score (nSPS) is 13.6. The van der Waals surface area contributed by atoms with E-state index in [0.717, 1.165) is 45.3 Å².